The van der Waals surface area contributed by atoms with Crippen molar-refractivity contribution >= 4 is 5.78 Å². The summed E-state index contributed by atoms with van der Waals surface area (Å²) in [5, 5.41) is 9.24. The summed E-state index contributed by atoms with van der Waals surface area (Å²) in [6.45, 7) is 3.99. The zero-order chi connectivity index (χ0) is 18.7. The lowest BCUT2D eigenvalue weighted by Crippen LogP contribution is -2.44. The number of ether oxygens (including phenoxy) is 2. The first kappa shape index (κ1) is 17.9. The number of ketones is 1. The van der Waals surface area contributed by atoms with Crippen molar-refractivity contribution in [2.45, 2.75) is 25.2 Å². The molecule has 0 aromatic heterocycles. The molecule has 2 saturated heterocycles. The monoisotopic (exact) mass is 362 g/mol. The molecule has 138 valence electrons. The van der Waals surface area contributed by atoms with Gasteiger partial charge in [-0.15, -0.1) is 0 Å². The zero-order valence-electron chi connectivity index (χ0n) is 15.2. The Kier molecular flexibility index (Phi) is 5.04. The standard InChI is InChI=1S/C22H22N2O3/c23-15-19-5-1-2-7-20(19)21(25)18-6-3-4-17(14-18)16-24-10-8-22(9-11-24)26-12-13-27-22/h1-7,14H,8-13,16H2. The summed E-state index contributed by atoms with van der Waals surface area (Å²) in [4.78, 5) is 15.2. The molecule has 5 heteroatoms. The molecule has 0 N–H and O–H groups in total. The maximum atomic E-state index is 12.8. The molecule has 0 atom stereocenters. The van der Waals surface area contributed by atoms with E-state index in [1.165, 1.54) is 0 Å². The SMILES string of the molecule is N#Cc1ccccc1C(=O)c1cccc(CN2CCC3(CC2)OCCO3)c1. The molecule has 0 radical (unpaired) electrons. The molecule has 5 nitrogen and oxygen atoms in total. The Bertz CT molecular complexity index is 871. The Morgan fingerprint density at radius 1 is 1.07 bits per heavy atom. The van der Waals surface area contributed by atoms with Crippen molar-refractivity contribution < 1.29 is 14.3 Å². The first-order valence-corrected chi connectivity index (χ1v) is 9.32. The van der Waals surface area contributed by atoms with E-state index in [0.717, 1.165) is 38.0 Å². The number of hydrogen-bond donors (Lipinski definition) is 0. The summed E-state index contributed by atoms with van der Waals surface area (Å²) < 4.78 is 11.6. The topological polar surface area (TPSA) is 62.6 Å². The van der Waals surface area contributed by atoms with Crippen molar-refractivity contribution in [1.29, 1.82) is 5.26 Å². The van der Waals surface area contributed by atoms with Gasteiger partial charge in [0.15, 0.2) is 11.6 Å². The van der Waals surface area contributed by atoms with Gasteiger partial charge in [0.1, 0.15) is 0 Å². The Hall–Kier alpha value is -2.52. The molecule has 2 aromatic rings. The minimum atomic E-state index is -0.366. The van der Waals surface area contributed by atoms with Crippen LogP contribution in [0, 0.1) is 11.3 Å². The molecule has 2 aromatic carbocycles. The van der Waals surface area contributed by atoms with E-state index in [0.29, 0.717) is 29.9 Å². The maximum Gasteiger partial charge on any atom is 0.194 e. The van der Waals surface area contributed by atoms with E-state index in [9.17, 15) is 10.1 Å². The molecule has 0 unspecified atom stereocenters. The smallest absolute Gasteiger partial charge is 0.194 e. The fourth-order valence-corrected chi connectivity index (χ4v) is 3.84. The van der Waals surface area contributed by atoms with E-state index in [4.69, 9.17) is 9.47 Å². The van der Waals surface area contributed by atoms with Gasteiger partial charge in [-0.2, -0.15) is 5.26 Å². The van der Waals surface area contributed by atoms with Gasteiger partial charge in [0.05, 0.1) is 24.8 Å². The van der Waals surface area contributed by atoms with Crippen molar-refractivity contribution in [3.05, 3.63) is 70.8 Å². The van der Waals surface area contributed by atoms with Gasteiger partial charge in [-0.25, -0.2) is 0 Å². The van der Waals surface area contributed by atoms with Crippen LogP contribution >= 0.6 is 0 Å². The fraction of sp³-hybridized carbons (Fsp3) is 0.364. The van der Waals surface area contributed by atoms with Crippen LogP contribution in [0.2, 0.25) is 0 Å². The number of nitriles is 1. The molecule has 2 heterocycles. The van der Waals surface area contributed by atoms with Gasteiger partial charge in [0.2, 0.25) is 0 Å². The predicted octanol–water partition coefficient (Wildman–Crippen LogP) is 3.13. The number of nitrogens with zero attached hydrogens (tertiary/aromatic N) is 2. The van der Waals surface area contributed by atoms with E-state index >= 15 is 0 Å². The fourth-order valence-electron chi connectivity index (χ4n) is 3.84. The van der Waals surface area contributed by atoms with Gasteiger partial charge in [-0.1, -0.05) is 30.3 Å². The van der Waals surface area contributed by atoms with Crippen LogP contribution in [-0.2, 0) is 16.0 Å². The highest BCUT2D eigenvalue weighted by Crippen LogP contribution is 2.31. The average molecular weight is 362 g/mol. The number of hydrogen-bond acceptors (Lipinski definition) is 5. The quantitative estimate of drug-likeness (QED) is 0.782. The first-order chi connectivity index (χ1) is 13.2. The van der Waals surface area contributed by atoms with Crippen molar-refractivity contribution in [3.8, 4) is 6.07 Å². The van der Waals surface area contributed by atoms with E-state index in [-0.39, 0.29) is 11.6 Å². The number of carbonyl (C=O) groups is 1. The third kappa shape index (κ3) is 3.79. The van der Waals surface area contributed by atoms with E-state index in [1.54, 1.807) is 24.3 Å². The van der Waals surface area contributed by atoms with Gasteiger partial charge < -0.3 is 9.47 Å². The van der Waals surface area contributed by atoms with Crippen molar-refractivity contribution in [1.82, 2.24) is 4.90 Å². The van der Waals surface area contributed by atoms with Crippen LogP contribution < -0.4 is 0 Å². The van der Waals surface area contributed by atoms with Gasteiger partial charge in [0.25, 0.3) is 0 Å². The highest BCUT2D eigenvalue weighted by Gasteiger charge is 2.39. The largest absolute Gasteiger partial charge is 0.347 e. The van der Waals surface area contributed by atoms with Gasteiger partial charge in [-0.05, 0) is 23.8 Å². The number of rotatable bonds is 4. The molecule has 0 bridgehead atoms. The minimum Gasteiger partial charge on any atom is -0.347 e. The first-order valence-electron chi connectivity index (χ1n) is 9.32. The van der Waals surface area contributed by atoms with Crippen LogP contribution in [0.15, 0.2) is 48.5 Å². The number of benzene rings is 2. The summed E-state index contributed by atoms with van der Waals surface area (Å²) in [5.74, 6) is -0.477. The zero-order valence-corrected chi connectivity index (χ0v) is 15.2. The highest BCUT2D eigenvalue weighted by molar-refractivity contribution is 6.10. The van der Waals surface area contributed by atoms with Crippen LogP contribution in [0.5, 0.6) is 0 Å². The number of likely N-dealkylation sites (tertiary alicyclic amines) is 1. The lowest BCUT2D eigenvalue weighted by Gasteiger charge is -2.37. The van der Waals surface area contributed by atoms with Crippen molar-refractivity contribution in [3.63, 3.8) is 0 Å². The molecule has 2 fully saturated rings. The Morgan fingerprint density at radius 3 is 2.56 bits per heavy atom. The van der Waals surface area contributed by atoms with Crippen molar-refractivity contribution in [2.24, 2.45) is 0 Å². The van der Waals surface area contributed by atoms with Crippen LogP contribution in [0.4, 0.5) is 0 Å². The second-order valence-corrected chi connectivity index (χ2v) is 7.07. The summed E-state index contributed by atoms with van der Waals surface area (Å²) in [6.07, 6.45) is 1.75. The van der Waals surface area contributed by atoms with E-state index in [2.05, 4.69) is 11.0 Å². The molecule has 27 heavy (non-hydrogen) atoms. The Labute approximate surface area is 159 Å². The van der Waals surface area contributed by atoms with Crippen LogP contribution in [0.3, 0.4) is 0 Å². The highest BCUT2D eigenvalue weighted by atomic mass is 16.7. The maximum absolute atomic E-state index is 12.8. The summed E-state index contributed by atoms with van der Waals surface area (Å²) in [7, 11) is 0. The van der Waals surface area contributed by atoms with Gasteiger partial charge in [-0.3, -0.25) is 9.69 Å². The molecular formula is C22H22N2O3. The molecule has 2 aliphatic rings. The second-order valence-electron chi connectivity index (χ2n) is 7.07. The third-order valence-corrected chi connectivity index (χ3v) is 5.32. The lowest BCUT2D eigenvalue weighted by atomic mass is 9.97. The third-order valence-electron chi connectivity index (χ3n) is 5.32. The van der Waals surface area contributed by atoms with Gasteiger partial charge >= 0.3 is 0 Å². The van der Waals surface area contributed by atoms with Crippen LogP contribution in [-0.4, -0.2) is 42.8 Å². The van der Waals surface area contributed by atoms with Crippen LogP contribution in [0.25, 0.3) is 0 Å². The average Bonchev–Trinajstić information content (AvgIpc) is 3.18. The van der Waals surface area contributed by atoms with E-state index < -0.39 is 0 Å². The summed E-state index contributed by atoms with van der Waals surface area (Å²) in [5.41, 5.74) is 2.57. The summed E-state index contributed by atoms with van der Waals surface area (Å²) >= 11 is 0. The molecule has 2 aliphatic heterocycles. The molecule has 0 amide bonds. The lowest BCUT2D eigenvalue weighted by molar-refractivity contribution is -0.185. The molecule has 1 spiro atoms. The van der Waals surface area contributed by atoms with E-state index in [1.807, 2.05) is 24.3 Å². The van der Waals surface area contributed by atoms with Crippen molar-refractivity contribution in [2.75, 3.05) is 26.3 Å². The summed E-state index contributed by atoms with van der Waals surface area (Å²) in [6, 6.07) is 16.7. The van der Waals surface area contributed by atoms with Crippen LogP contribution in [0.1, 0.15) is 39.9 Å². The minimum absolute atomic E-state index is 0.112. The predicted molar refractivity (Wildman–Crippen MR) is 100 cm³/mol. The number of carbonyl (C=O) groups excluding carboxylic acids is 1. The van der Waals surface area contributed by atoms with Gasteiger partial charge in [0, 0.05) is 43.6 Å². The molecule has 4 rings (SSSR count). The Morgan fingerprint density at radius 2 is 1.81 bits per heavy atom. The second kappa shape index (κ2) is 7.61. The molecule has 0 aliphatic carbocycles. The Balaban J connectivity index is 1.45. The normalized spacial score (nSPS) is 19.1. The molecule has 0 saturated carbocycles. The molecular weight excluding hydrogens is 340 g/mol. The number of piperidine rings is 1.